The Hall–Kier alpha value is -1.59. The molecule has 1 nitrogen and oxygen atoms in total. The highest BCUT2D eigenvalue weighted by molar-refractivity contribution is 5.91. The molecule has 0 aromatic carbocycles. The van der Waals surface area contributed by atoms with Crippen molar-refractivity contribution >= 4 is 5.71 Å². The second-order valence-corrected chi connectivity index (χ2v) is 4.83. The van der Waals surface area contributed by atoms with Gasteiger partial charge in [0.1, 0.15) is 0 Å². The van der Waals surface area contributed by atoms with Crippen molar-refractivity contribution in [2.24, 2.45) is 16.3 Å². The predicted octanol–water partition coefficient (Wildman–Crippen LogP) is 5.10. The quantitative estimate of drug-likeness (QED) is 0.266. The summed E-state index contributed by atoms with van der Waals surface area (Å²) in [4.78, 5) is 4.56. The number of rotatable bonds is 6. The molecular weight excluding hydrogens is 218 g/mol. The molecule has 1 unspecified atom stereocenters. The molecule has 0 heterocycles. The molecule has 0 aromatic heterocycles. The van der Waals surface area contributed by atoms with E-state index in [-0.39, 0.29) is 5.41 Å². The number of hydrogen-bond acceptors (Lipinski definition) is 1. The summed E-state index contributed by atoms with van der Waals surface area (Å²) in [5, 5.41) is 0. The van der Waals surface area contributed by atoms with Crippen LogP contribution in [0, 0.1) is 11.3 Å². The first-order chi connectivity index (χ1) is 8.41. The van der Waals surface area contributed by atoms with Gasteiger partial charge in [-0.2, -0.15) is 0 Å². The van der Waals surface area contributed by atoms with Crippen molar-refractivity contribution in [3.8, 4) is 0 Å². The maximum Gasteiger partial charge on any atom is 0.0412 e. The first-order valence-electron chi connectivity index (χ1n) is 6.29. The molecule has 0 aromatic rings. The van der Waals surface area contributed by atoms with Gasteiger partial charge in [-0.15, -0.1) is 12.3 Å². The zero-order valence-corrected chi connectivity index (χ0v) is 12.3. The minimum Gasteiger partial charge on any atom is -0.264 e. The molecule has 0 N–H and O–H groups in total. The lowest BCUT2D eigenvalue weighted by atomic mass is 9.85. The Morgan fingerprint density at radius 3 is 2.39 bits per heavy atom. The molecule has 0 aliphatic heterocycles. The molecule has 0 fully saturated rings. The maximum atomic E-state index is 4.56. The Kier molecular flexibility index (Phi) is 7.00. The van der Waals surface area contributed by atoms with E-state index < -0.39 is 0 Å². The van der Waals surface area contributed by atoms with Crippen LogP contribution in [0.15, 0.2) is 60.0 Å². The van der Waals surface area contributed by atoms with E-state index in [1.807, 2.05) is 38.3 Å². The molecule has 0 radical (unpaired) electrons. The Labute approximate surface area is 112 Å². The van der Waals surface area contributed by atoms with Crippen molar-refractivity contribution in [1.82, 2.24) is 0 Å². The van der Waals surface area contributed by atoms with Crippen LogP contribution in [0.2, 0.25) is 0 Å². The van der Waals surface area contributed by atoms with Crippen molar-refractivity contribution in [3.63, 3.8) is 0 Å². The van der Waals surface area contributed by atoms with Crippen LogP contribution >= 0.6 is 0 Å². The third kappa shape index (κ3) is 4.73. The fraction of sp³-hybridized carbons (Fsp3) is 0.412. The molecule has 0 amide bonds. The molecule has 0 saturated heterocycles. The van der Waals surface area contributed by atoms with E-state index >= 15 is 0 Å². The molecule has 0 aliphatic rings. The van der Waals surface area contributed by atoms with Crippen LogP contribution in [0.4, 0.5) is 0 Å². The smallest absolute Gasteiger partial charge is 0.0412 e. The van der Waals surface area contributed by atoms with Gasteiger partial charge in [-0.3, -0.25) is 4.99 Å². The van der Waals surface area contributed by atoms with Crippen LogP contribution in [-0.4, -0.2) is 5.71 Å². The van der Waals surface area contributed by atoms with E-state index in [9.17, 15) is 0 Å². The van der Waals surface area contributed by atoms with Gasteiger partial charge in [0.05, 0.1) is 0 Å². The van der Waals surface area contributed by atoms with Crippen LogP contribution in [0.3, 0.4) is 0 Å². The van der Waals surface area contributed by atoms with E-state index in [1.165, 1.54) is 0 Å². The SMILES string of the molecule is C=C=C/C(=C\N=C(C)C(C)(C=C)/C=C/C)C(C)C. The molecule has 1 heteroatoms. The number of nitrogens with zero attached hydrogens (tertiary/aromatic N) is 1. The molecule has 98 valence electrons. The van der Waals surface area contributed by atoms with Gasteiger partial charge in [-0.05, 0) is 38.3 Å². The van der Waals surface area contributed by atoms with E-state index in [2.05, 4.69) is 50.7 Å². The van der Waals surface area contributed by atoms with Crippen LogP contribution < -0.4 is 0 Å². The average molecular weight is 243 g/mol. The minimum atomic E-state index is -0.189. The second kappa shape index (κ2) is 7.68. The lowest BCUT2D eigenvalue weighted by Gasteiger charge is -2.21. The lowest BCUT2D eigenvalue weighted by Crippen LogP contribution is -2.19. The Bertz CT molecular complexity index is 415. The molecule has 0 aliphatic carbocycles. The number of allylic oxidation sites excluding steroid dienone is 5. The monoisotopic (exact) mass is 243 g/mol. The number of aliphatic imine (C=N–C) groups is 1. The van der Waals surface area contributed by atoms with E-state index in [0.717, 1.165) is 11.3 Å². The fourth-order valence-electron chi connectivity index (χ4n) is 1.46. The molecule has 1 atom stereocenters. The largest absolute Gasteiger partial charge is 0.264 e. The topological polar surface area (TPSA) is 12.4 Å². The highest BCUT2D eigenvalue weighted by Crippen LogP contribution is 2.23. The zero-order valence-electron chi connectivity index (χ0n) is 12.3. The van der Waals surface area contributed by atoms with Gasteiger partial charge in [0.2, 0.25) is 0 Å². The second-order valence-electron chi connectivity index (χ2n) is 4.83. The summed E-state index contributed by atoms with van der Waals surface area (Å²) in [5.74, 6) is 0.410. The first-order valence-corrected chi connectivity index (χ1v) is 6.29. The Balaban J connectivity index is 5.36. The van der Waals surface area contributed by atoms with E-state index in [0.29, 0.717) is 5.92 Å². The summed E-state index contributed by atoms with van der Waals surface area (Å²) < 4.78 is 0. The highest BCUT2D eigenvalue weighted by Gasteiger charge is 2.19. The molecule has 0 bridgehead atoms. The van der Waals surface area contributed by atoms with Crippen LogP contribution in [0.5, 0.6) is 0 Å². The third-order valence-electron chi connectivity index (χ3n) is 3.06. The molecule has 18 heavy (non-hydrogen) atoms. The van der Waals surface area contributed by atoms with E-state index in [1.54, 1.807) is 0 Å². The van der Waals surface area contributed by atoms with E-state index in [4.69, 9.17) is 0 Å². The van der Waals surface area contributed by atoms with Gasteiger partial charge in [0, 0.05) is 17.3 Å². The normalized spacial score (nSPS) is 16.6. The van der Waals surface area contributed by atoms with Crippen LogP contribution in [0.1, 0.15) is 34.6 Å². The summed E-state index contributed by atoms with van der Waals surface area (Å²) in [6, 6.07) is 0. The summed E-state index contributed by atoms with van der Waals surface area (Å²) in [5.41, 5.74) is 4.76. The minimum absolute atomic E-state index is 0.189. The number of hydrogen-bond donors (Lipinski definition) is 0. The first kappa shape index (κ1) is 16.4. The summed E-state index contributed by atoms with van der Waals surface area (Å²) in [6.07, 6.45) is 9.81. The van der Waals surface area contributed by atoms with Gasteiger partial charge in [-0.25, -0.2) is 0 Å². The molecule has 0 saturated carbocycles. The van der Waals surface area contributed by atoms with Crippen molar-refractivity contribution in [2.45, 2.75) is 34.6 Å². The standard InChI is InChI=1S/C17H25N/c1-8-11-16(14(4)5)13-18-15(6)17(7,10-3)12-9-2/h9-14H,1,3H2,2,4-7H3/b12-9+,16-13+,18-15?. The fourth-order valence-corrected chi connectivity index (χ4v) is 1.46. The predicted molar refractivity (Wildman–Crippen MR) is 82.9 cm³/mol. The Morgan fingerprint density at radius 2 is 2.00 bits per heavy atom. The van der Waals surface area contributed by atoms with Crippen LogP contribution in [-0.2, 0) is 0 Å². The van der Waals surface area contributed by atoms with Gasteiger partial charge in [0.15, 0.2) is 0 Å². The third-order valence-corrected chi connectivity index (χ3v) is 3.06. The van der Waals surface area contributed by atoms with Gasteiger partial charge in [-0.1, -0.05) is 38.7 Å². The zero-order chi connectivity index (χ0) is 14.2. The maximum absolute atomic E-state index is 4.56. The van der Waals surface area contributed by atoms with Crippen molar-refractivity contribution in [3.05, 3.63) is 55.0 Å². The molecular formula is C17H25N. The summed E-state index contributed by atoms with van der Waals surface area (Å²) >= 11 is 0. The summed E-state index contributed by atoms with van der Waals surface area (Å²) in [7, 11) is 0. The summed E-state index contributed by atoms with van der Waals surface area (Å²) in [6.45, 7) is 17.9. The highest BCUT2D eigenvalue weighted by atomic mass is 14.7. The van der Waals surface area contributed by atoms with Crippen molar-refractivity contribution in [2.75, 3.05) is 0 Å². The van der Waals surface area contributed by atoms with Crippen molar-refractivity contribution < 1.29 is 0 Å². The average Bonchev–Trinajstić information content (AvgIpc) is 2.33. The van der Waals surface area contributed by atoms with Crippen LogP contribution in [0.25, 0.3) is 0 Å². The van der Waals surface area contributed by atoms with Gasteiger partial charge in [0.25, 0.3) is 0 Å². The molecule has 0 spiro atoms. The molecule has 0 rings (SSSR count). The van der Waals surface area contributed by atoms with Gasteiger partial charge < -0.3 is 0 Å². The lowest BCUT2D eigenvalue weighted by molar-refractivity contribution is 0.762. The van der Waals surface area contributed by atoms with Gasteiger partial charge >= 0.3 is 0 Å². The van der Waals surface area contributed by atoms with Crippen molar-refractivity contribution in [1.29, 1.82) is 0 Å². The Morgan fingerprint density at radius 1 is 1.39 bits per heavy atom.